The van der Waals surface area contributed by atoms with Crippen LogP contribution in [0.2, 0.25) is 0 Å². The molecule has 1 aromatic heterocycles. The first kappa shape index (κ1) is 17.5. The fourth-order valence-corrected chi connectivity index (χ4v) is 3.07. The van der Waals surface area contributed by atoms with E-state index in [1.165, 1.54) is 5.56 Å². The molecule has 134 valence electrons. The summed E-state index contributed by atoms with van der Waals surface area (Å²) in [5, 5.41) is 9.87. The van der Waals surface area contributed by atoms with E-state index in [0.717, 1.165) is 22.3 Å². The van der Waals surface area contributed by atoms with Crippen LogP contribution in [-0.4, -0.2) is 6.21 Å². The van der Waals surface area contributed by atoms with E-state index in [-0.39, 0.29) is 0 Å². The van der Waals surface area contributed by atoms with Crippen LogP contribution < -0.4 is 0 Å². The second-order valence-corrected chi connectivity index (χ2v) is 6.50. The Bertz CT molecular complexity index is 1150. The Labute approximate surface area is 164 Å². The fourth-order valence-electron chi connectivity index (χ4n) is 3.07. The van der Waals surface area contributed by atoms with Crippen LogP contribution in [0.5, 0.6) is 0 Å². The summed E-state index contributed by atoms with van der Waals surface area (Å²) in [5.74, 6) is 0.972. The molecule has 0 fully saturated rings. The van der Waals surface area contributed by atoms with Crippen molar-refractivity contribution in [1.29, 1.82) is 5.26 Å². The van der Waals surface area contributed by atoms with E-state index in [0.29, 0.717) is 17.2 Å². The molecule has 0 atom stereocenters. The average molecular weight is 362 g/mol. The highest BCUT2D eigenvalue weighted by atomic mass is 16.4. The zero-order valence-corrected chi connectivity index (χ0v) is 15.5. The molecule has 3 nitrogen and oxygen atoms in total. The zero-order chi connectivity index (χ0) is 19.3. The smallest absolute Gasteiger partial charge is 0.238 e. The molecule has 28 heavy (non-hydrogen) atoms. The molecule has 0 unspecified atom stereocenters. The number of hydrogen-bond acceptors (Lipinski definition) is 3. The van der Waals surface area contributed by atoms with Gasteiger partial charge in [0.15, 0.2) is 0 Å². The van der Waals surface area contributed by atoms with Crippen molar-refractivity contribution >= 4 is 12.1 Å². The average Bonchev–Trinajstić information content (AvgIpc) is 3.13. The SMILES string of the molecule is Cc1ccc(C=Nc2oc(-c3ccccc3)c(-c3ccccc3)c2C#N)cc1. The number of nitrogens with zero attached hydrogens (tertiary/aromatic N) is 2. The van der Waals surface area contributed by atoms with E-state index in [1.807, 2.05) is 91.9 Å². The quantitative estimate of drug-likeness (QED) is 0.387. The third kappa shape index (κ3) is 3.49. The highest BCUT2D eigenvalue weighted by molar-refractivity contribution is 5.89. The maximum Gasteiger partial charge on any atom is 0.238 e. The number of nitriles is 1. The van der Waals surface area contributed by atoms with Gasteiger partial charge in [-0.1, -0.05) is 90.5 Å². The molecule has 0 spiro atoms. The Morgan fingerprint density at radius 3 is 2.04 bits per heavy atom. The van der Waals surface area contributed by atoms with Gasteiger partial charge in [-0.2, -0.15) is 5.26 Å². The van der Waals surface area contributed by atoms with Crippen LogP contribution in [0.4, 0.5) is 5.88 Å². The molecule has 0 aliphatic heterocycles. The monoisotopic (exact) mass is 362 g/mol. The summed E-state index contributed by atoms with van der Waals surface area (Å²) in [6, 6.07) is 29.9. The second-order valence-electron chi connectivity index (χ2n) is 6.50. The van der Waals surface area contributed by atoms with Gasteiger partial charge in [-0.25, -0.2) is 4.99 Å². The molecule has 3 heteroatoms. The maximum absolute atomic E-state index is 9.87. The van der Waals surface area contributed by atoms with Crippen LogP contribution in [-0.2, 0) is 0 Å². The van der Waals surface area contributed by atoms with Gasteiger partial charge in [-0.3, -0.25) is 0 Å². The van der Waals surface area contributed by atoms with E-state index in [9.17, 15) is 5.26 Å². The number of aliphatic imine (C=N–C) groups is 1. The summed E-state index contributed by atoms with van der Waals surface area (Å²) in [4.78, 5) is 4.50. The lowest BCUT2D eigenvalue weighted by molar-refractivity contribution is 0.593. The van der Waals surface area contributed by atoms with Gasteiger partial charge in [0.2, 0.25) is 5.88 Å². The number of aryl methyl sites for hydroxylation is 1. The first-order valence-electron chi connectivity index (χ1n) is 9.05. The Kier molecular flexibility index (Phi) is 4.86. The molecular formula is C25H18N2O. The molecule has 4 rings (SSSR count). The Hall–Kier alpha value is -3.90. The van der Waals surface area contributed by atoms with E-state index >= 15 is 0 Å². The Morgan fingerprint density at radius 1 is 0.821 bits per heavy atom. The zero-order valence-electron chi connectivity index (χ0n) is 15.5. The Morgan fingerprint density at radius 2 is 1.43 bits per heavy atom. The summed E-state index contributed by atoms with van der Waals surface area (Å²) in [7, 11) is 0. The topological polar surface area (TPSA) is 49.3 Å². The molecule has 0 aliphatic rings. The van der Waals surface area contributed by atoms with Crippen molar-refractivity contribution in [3.8, 4) is 28.5 Å². The molecule has 0 aliphatic carbocycles. The van der Waals surface area contributed by atoms with Crippen molar-refractivity contribution in [3.05, 3.63) is 102 Å². The van der Waals surface area contributed by atoms with Crippen LogP contribution in [0.1, 0.15) is 16.7 Å². The van der Waals surface area contributed by atoms with Gasteiger partial charge in [0, 0.05) is 17.3 Å². The number of benzene rings is 3. The molecule has 0 saturated carbocycles. The van der Waals surface area contributed by atoms with Crippen LogP contribution in [0, 0.1) is 18.3 Å². The molecule has 4 aromatic rings. The van der Waals surface area contributed by atoms with Crippen molar-refractivity contribution in [2.75, 3.05) is 0 Å². The molecule has 3 aromatic carbocycles. The van der Waals surface area contributed by atoms with Gasteiger partial charge in [0.25, 0.3) is 0 Å². The minimum Gasteiger partial charge on any atom is -0.436 e. The highest BCUT2D eigenvalue weighted by Crippen LogP contribution is 2.42. The van der Waals surface area contributed by atoms with E-state index < -0.39 is 0 Å². The van der Waals surface area contributed by atoms with Crippen LogP contribution in [0.3, 0.4) is 0 Å². The minimum absolute atomic E-state index is 0.320. The van der Waals surface area contributed by atoms with E-state index in [2.05, 4.69) is 11.1 Å². The lowest BCUT2D eigenvalue weighted by Crippen LogP contribution is -1.83. The molecular weight excluding hydrogens is 344 g/mol. The Balaban J connectivity index is 1.87. The van der Waals surface area contributed by atoms with Crippen molar-refractivity contribution in [1.82, 2.24) is 0 Å². The first-order valence-corrected chi connectivity index (χ1v) is 9.05. The normalized spacial score (nSPS) is 10.9. The predicted octanol–water partition coefficient (Wildman–Crippen LogP) is 6.54. The summed E-state index contributed by atoms with van der Waals surface area (Å²) >= 11 is 0. The number of rotatable bonds is 4. The third-order valence-corrected chi connectivity index (χ3v) is 4.51. The molecule has 0 saturated heterocycles. The largest absolute Gasteiger partial charge is 0.436 e. The summed E-state index contributed by atoms with van der Waals surface area (Å²) < 4.78 is 6.10. The van der Waals surface area contributed by atoms with E-state index in [4.69, 9.17) is 4.42 Å². The van der Waals surface area contributed by atoms with Gasteiger partial charge in [0.1, 0.15) is 17.4 Å². The molecule has 0 amide bonds. The minimum atomic E-state index is 0.320. The lowest BCUT2D eigenvalue weighted by atomic mass is 9.98. The summed E-state index contributed by atoms with van der Waals surface area (Å²) in [6.07, 6.45) is 1.72. The predicted molar refractivity (Wildman–Crippen MR) is 113 cm³/mol. The molecule has 0 radical (unpaired) electrons. The third-order valence-electron chi connectivity index (χ3n) is 4.51. The standard InChI is InChI=1S/C25H18N2O/c1-18-12-14-19(15-13-18)17-27-25-22(16-26)23(20-8-4-2-5-9-20)24(28-25)21-10-6-3-7-11-21/h2-15,17H,1H3. The van der Waals surface area contributed by atoms with Crippen LogP contribution >= 0.6 is 0 Å². The van der Waals surface area contributed by atoms with Crippen molar-refractivity contribution in [2.24, 2.45) is 4.99 Å². The second kappa shape index (κ2) is 7.77. The van der Waals surface area contributed by atoms with Gasteiger partial charge in [0.05, 0.1) is 0 Å². The van der Waals surface area contributed by atoms with Gasteiger partial charge >= 0.3 is 0 Å². The molecule has 1 heterocycles. The van der Waals surface area contributed by atoms with Crippen molar-refractivity contribution < 1.29 is 4.42 Å². The van der Waals surface area contributed by atoms with Crippen molar-refractivity contribution in [3.63, 3.8) is 0 Å². The fraction of sp³-hybridized carbons (Fsp3) is 0.0400. The first-order chi connectivity index (χ1) is 13.8. The summed E-state index contributed by atoms with van der Waals surface area (Å²) in [5.41, 5.74) is 5.19. The lowest BCUT2D eigenvalue weighted by Gasteiger charge is -2.03. The van der Waals surface area contributed by atoms with Crippen molar-refractivity contribution in [2.45, 2.75) is 6.92 Å². The molecule has 0 N–H and O–H groups in total. The summed E-state index contributed by atoms with van der Waals surface area (Å²) in [6.45, 7) is 2.04. The number of hydrogen-bond donors (Lipinski definition) is 0. The number of furan rings is 1. The van der Waals surface area contributed by atoms with Gasteiger partial charge in [-0.05, 0) is 18.1 Å². The van der Waals surface area contributed by atoms with Crippen LogP contribution in [0.25, 0.3) is 22.5 Å². The molecule has 0 bridgehead atoms. The van der Waals surface area contributed by atoms with Crippen LogP contribution in [0.15, 0.2) is 94.3 Å². The van der Waals surface area contributed by atoms with Gasteiger partial charge in [-0.15, -0.1) is 0 Å². The van der Waals surface area contributed by atoms with E-state index in [1.54, 1.807) is 6.21 Å². The maximum atomic E-state index is 9.87. The van der Waals surface area contributed by atoms with Gasteiger partial charge < -0.3 is 4.42 Å². The highest BCUT2D eigenvalue weighted by Gasteiger charge is 2.22.